The van der Waals surface area contributed by atoms with Crippen molar-refractivity contribution in [2.75, 3.05) is 18.0 Å². The fraction of sp³-hybridized carbons (Fsp3) is 0.364. The standard InChI is InChI=1S/C11H12ClN3O3/c12-8-1-2-9(15(17)18)10(4-8)14-6-7(5-13)3-11(14)16/h1-2,4,7H,3,5-6,13H2. The lowest BCUT2D eigenvalue weighted by atomic mass is 10.1. The Morgan fingerprint density at radius 1 is 1.56 bits per heavy atom. The molecule has 0 aliphatic carbocycles. The summed E-state index contributed by atoms with van der Waals surface area (Å²) in [5.41, 5.74) is 5.65. The average Bonchev–Trinajstić information content (AvgIpc) is 2.70. The molecule has 0 aromatic heterocycles. The maximum absolute atomic E-state index is 11.8. The molecule has 2 rings (SSSR count). The van der Waals surface area contributed by atoms with E-state index in [9.17, 15) is 14.9 Å². The van der Waals surface area contributed by atoms with Crippen molar-refractivity contribution in [2.24, 2.45) is 11.7 Å². The van der Waals surface area contributed by atoms with E-state index in [0.29, 0.717) is 24.5 Å². The van der Waals surface area contributed by atoms with E-state index in [1.165, 1.54) is 23.1 Å². The fourth-order valence-electron chi connectivity index (χ4n) is 2.04. The number of hydrogen-bond acceptors (Lipinski definition) is 4. The van der Waals surface area contributed by atoms with Crippen LogP contribution in [0, 0.1) is 16.0 Å². The van der Waals surface area contributed by atoms with Crippen LogP contribution in [0.1, 0.15) is 6.42 Å². The summed E-state index contributed by atoms with van der Waals surface area (Å²) in [6.07, 6.45) is 0.320. The summed E-state index contributed by atoms with van der Waals surface area (Å²) in [6, 6.07) is 4.18. The number of carbonyl (C=O) groups excluding carboxylic acids is 1. The van der Waals surface area contributed by atoms with Crippen LogP contribution in [0.25, 0.3) is 0 Å². The van der Waals surface area contributed by atoms with Gasteiger partial charge in [0.2, 0.25) is 5.91 Å². The summed E-state index contributed by atoms with van der Waals surface area (Å²) in [7, 11) is 0. The molecule has 1 aliphatic heterocycles. The number of halogens is 1. The van der Waals surface area contributed by atoms with Gasteiger partial charge in [0.15, 0.2) is 0 Å². The van der Waals surface area contributed by atoms with Crippen LogP contribution in [-0.4, -0.2) is 23.9 Å². The van der Waals surface area contributed by atoms with Crippen molar-refractivity contribution in [3.8, 4) is 0 Å². The van der Waals surface area contributed by atoms with Gasteiger partial charge in [0, 0.05) is 24.1 Å². The van der Waals surface area contributed by atoms with Crippen LogP contribution >= 0.6 is 11.6 Å². The van der Waals surface area contributed by atoms with Crippen LogP contribution in [-0.2, 0) is 4.79 Å². The summed E-state index contributed by atoms with van der Waals surface area (Å²) in [5, 5.41) is 11.3. The zero-order chi connectivity index (χ0) is 13.3. The molecule has 1 atom stereocenters. The quantitative estimate of drug-likeness (QED) is 0.666. The van der Waals surface area contributed by atoms with Gasteiger partial charge in [-0.15, -0.1) is 0 Å². The highest BCUT2D eigenvalue weighted by Gasteiger charge is 2.33. The molecule has 18 heavy (non-hydrogen) atoms. The van der Waals surface area contributed by atoms with Gasteiger partial charge in [-0.25, -0.2) is 0 Å². The van der Waals surface area contributed by atoms with E-state index in [1.54, 1.807) is 0 Å². The van der Waals surface area contributed by atoms with Crippen LogP contribution in [0.4, 0.5) is 11.4 Å². The Bertz CT molecular complexity index is 506. The summed E-state index contributed by atoms with van der Waals surface area (Å²) >= 11 is 5.83. The number of carbonyl (C=O) groups is 1. The predicted octanol–water partition coefficient (Wildman–Crippen LogP) is 1.56. The van der Waals surface area contributed by atoms with Crippen LogP contribution < -0.4 is 10.6 Å². The van der Waals surface area contributed by atoms with E-state index < -0.39 is 4.92 Å². The number of amides is 1. The molecule has 1 fully saturated rings. The molecular weight excluding hydrogens is 258 g/mol. The molecule has 1 aliphatic rings. The summed E-state index contributed by atoms with van der Waals surface area (Å²) in [5.74, 6) is -0.119. The Balaban J connectivity index is 2.41. The molecule has 0 saturated carbocycles. The summed E-state index contributed by atoms with van der Waals surface area (Å²) in [6.45, 7) is 0.785. The van der Waals surface area contributed by atoms with E-state index in [0.717, 1.165) is 0 Å². The molecule has 0 bridgehead atoms. The minimum absolute atomic E-state index is 0.0380. The van der Waals surface area contributed by atoms with Gasteiger partial charge in [0.1, 0.15) is 5.69 Å². The number of hydrogen-bond donors (Lipinski definition) is 1. The molecule has 96 valence electrons. The minimum atomic E-state index is -0.519. The van der Waals surface area contributed by atoms with Crippen LogP contribution in [0.3, 0.4) is 0 Å². The molecule has 1 aromatic rings. The van der Waals surface area contributed by atoms with Gasteiger partial charge in [-0.3, -0.25) is 14.9 Å². The van der Waals surface area contributed by atoms with Crippen LogP contribution in [0.15, 0.2) is 18.2 Å². The first-order chi connectivity index (χ1) is 8.52. The van der Waals surface area contributed by atoms with E-state index in [-0.39, 0.29) is 23.2 Å². The van der Waals surface area contributed by atoms with E-state index in [2.05, 4.69) is 0 Å². The first kappa shape index (κ1) is 12.8. The molecular formula is C11H12ClN3O3. The van der Waals surface area contributed by atoms with Gasteiger partial charge < -0.3 is 10.6 Å². The van der Waals surface area contributed by atoms with Gasteiger partial charge in [0.25, 0.3) is 5.69 Å². The highest BCUT2D eigenvalue weighted by molar-refractivity contribution is 6.31. The molecule has 2 N–H and O–H groups in total. The summed E-state index contributed by atoms with van der Waals surface area (Å²) in [4.78, 5) is 23.7. The van der Waals surface area contributed by atoms with Crippen molar-refractivity contribution >= 4 is 28.9 Å². The maximum atomic E-state index is 11.8. The Morgan fingerprint density at radius 2 is 2.28 bits per heavy atom. The second-order valence-electron chi connectivity index (χ2n) is 4.20. The van der Waals surface area contributed by atoms with Crippen molar-refractivity contribution < 1.29 is 9.72 Å². The third kappa shape index (κ3) is 2.30. The zero-order valence-electron chi connectivity index (χ0n) is 9.51. The monoisotopic (exact) mass is 269 g/mol. The number of nitrogens with two attached hydrogens (primary N) is 1. The van der Waals surface area contributed by atoms with Crippen molar-refractivity contribution in [1.29, 1.82) is 0 Å². The Labute approximate surface area is 108 Å². The third-order valence-electron chi connectivity index (χ3n) is 2.96. The van der Waals surface area contributed by atoms with Crippen LogP contribution in [0.5, 0.6) is 0 Å². The molecule has 0 radical (unpaired) electrons. The Kier molecular flexibility index (Phi) is 3.49. The molecule has 7 heteroatoms. The lowest BCUT2D eigenvalue weighted by Crippen LogP contribution is -2.26. The van der Waals surface area contributed by atoms with Gasteiger partial charge in [-0.2, -0.15) is 0 Å². The number of nitrogens with zero attached hydrogens (tertiary/aromatic N) is 2. The number of rotatable bonds is 3. The number of anilines is 1. The highest BCUT2D eigenvalue weighted by atomic mass is 35.5. The third-order valence-corrected chi connectivity index (χ3v) is 3.20. The molecule has 1 heterocycles. The van der Waals surface area contributed by atoms with E-state index in [1.807, 2.05) is 0 Å². The topological polar surface area (TPSA) is 89.5 Å². The lowest BCUT2D eigenvalue weighted by Gasteiger charge is -2.16. The first-order valence-corrected chi connectivity index (χ1v) is 5.85. The van der Waals surface area contributed by atoms with Gasteiger partial charge in [-0.1, -0.05) is 11.6 Å². The largest absolute Gasteiger partial charge is 0.330 e. The minimum Gasteiger partial charge on any atom is -0.330 e. The highest BCUT2D eigenvalue weighted by Crippen LogP contribution is 2.34. The zero-order valence-corrected chi connectivity index (χ0v) is 10.3. The average molecular weight is 270 g/mol. The van der Waals surface area contributed by atoms with Crippen LogP contribution in [0.2, 0.25) is 5.02 Å². The smallest absolute Gasteiger partial charge is 0.293 e. The number of benzene rings is 1. The van der Waals surface area contributed by atoms with E-state index >= 15 is 0 Å². The van der Waals surface area contributed by atoms with Gasteiger partial charge in [-0.05, 0) is 24.6 Å². The van der Waals surface area contributed by atoms with E-state index in [4.69, 9.17) is 17.3 Å². The second kappa shape index (κ2) is 4.91. The van der Waals surface area contributed by atoms with Crippen molar-refractivity contribution in [2.45, 2.75) is 6.42 Å². The first-order valence-electron chi connectivity index (χ1n) is 5.47. The van der Waals surface area contributed by atoms with Crippen molar-refractivity contribution in [3.05, 3.63) is 33.3 Å². The molecule has 1 aromatic carbocycles. The normalized spacial score (nSPS) is 19.3. The van der Waals surface area contributed by atoms with Crippen molar-refractivity contribution in [1.82, 2.24) is 0 Å². The maximum Gasteiger partial charge on any atom is 0.293 e. The lowest BCUT2D eigenvalue weighted by molar-refractivity contribution is -0.384. The number of nitro benzene ring substituents is 1. The Morgan fingerprint density at radius 3 is 2.83 bits per heavy atom. The van der Waals surface area contributed by atoms with Gasteiger partial charge >= 0.3 is 0 Å². The molecule has 6 nitrogen and oxygen atoms in total. The fourth-order valence-corrected chi connectivity index (χ4v) is 2.21. The molecule has 1 amide bonds. The Hall–Kier alpha value is -1.66. The van der Waals surface area contributed by atoms with Crippen molar-refractivity contribution in [3.63, 3.8) is 0 Å². The second-order valence-corrected chi connectivity index (χ2v) is 4.64. The number of nitro groups is 1. The SMILES string of the molecule is NCC1CC(=O)N(c2cc(Cl)ccc2[N+](=O)[O-])C1. The van der Waals surface area contributed by atoms with Gasteiger partial charge in [0.05, 0.1) is 4.92 Å². The molecule has 0 spiro atoms. The molecule has 1 unspecified atom stereocenters. The summed E-state index contributed by atoms with van der Waals surface area (Å²) < 4.78 is 0. The molecule has 1 saturated heterocycles. The predicted molar refractivity (Wildman–Crippen MR) is 67.6 cm³/mol.